The Balaban J connectivity index is 1.42. The van der Waals surface area contributed by atoms with Gasteiger partial charge in [0.15, 0.2) is 0 Å². The Kier molecular flexibility index (Phi) is 7.65. The van der Waals surface area contributed by atoms with Crippen molar-refractivity contribution in [2.75, 3.05) is 60.1 Å². The van der Waals surface area contributed by atoms with E-state index >= 15 is 0 Å². The van der Waals surface area contributed by atoms with Crippen LogP contribution in [-0.4, -0.2) is 81.8 Å². The fourth-order valence-electron chi connectivity index (χ4n) is 3.43. The van der Waals surface area contributed by atoms with Crippen LogP contribution in [0.2, 0.25) is 0 Å². The maximum atomic E-state index is 12.4. The molecule has 7 heteroatoms. The van der Waals surface area contributed by atoms with Gasteiger partial charge < -0.3 is 19.1 Å². The molecule has 1 heterocycles. The number of piperazine rings is 1. The molecule has 1 saturated heterocycles. The number of hydrogen-bond acceptors (Lipinski definition) is 7. The predicted molar refractivity (Wildman–Crippen MR) is 115 cm³/mol. The molecule has 7 nitrogen and oxygen atoms in total. The largest absolute Gasteiger partial charge is 0.497 e. The number of carbonyl (C=O) groups excluding carboxylic acids is 2. The van der Waals surface area contributed by atoms with Crippen molar-refractivity contribution >= 4 is 22.7 Å². The fraction of sp³-hybridized carbons (Fsp3) is 0.478. The summed E-state index contributed by atoms with van der Waals surface area (Å²) in [6.07, 6.45) is 0. The SMILES string of the molecule is COc1ccc2cc(C(C)C(=O)OCCOC(=O)CN3CCN(C)CC3)ccc2c1. The summed E-state index contributed by atoms with van der Waals surface area (Å²) >= 11 is 0. The molecular formula is C23H30N2O5. The molecule has 2 aromatic rings. The molecule has 1 unspecified atom stereocenters. The molecule has 0 saturated carbocycles. The van der Waals surface area contributed by atoms with Crippen LogP contribution in [0.15, 0.2) is 36.4 Å². The maximum Gasteiger partial charge on any atom is 0.320 e. The Morgan fingerprint density at radius 3 is 2.37 bits per heavy atom. The molecule has 1 fully saturated rings. The van der Waals surface area contributed by atoms with Crippen LogP contribution in [0.1, 0.15) is 18.4 Å². The van der Waals surface area contributed by atoms with Crippen molar-refractivity contribution in [3.05, 3.63) is 42.0 Å². The molecule has 0 aliphatic carbocycles. The van der Waals surface area contributed by atoms with Crippen molar-refractivity contribution in [3.8, 4) is 5.75 Å². The van der Waals surface area contributed by atoms with Gasteiger partial charge in [0, 0.05) is 26.2 Å². The molecule has 30 heavy (non-hydrogen) atoms. The summed E-state index contributed by atoms with van der Waals surface area (Å²) in [7, 11) is 3.71. The van der Waals surface area contributed by atoms with Crippen molar-refractivity contribution in [2.24, 2.45) is 0 Å². The first-order valence-electron chi connectivity index (χ1n) is 10.3. The first-order valence-corrected chi connectivity index (χ1v) is 10.3. The third-order valence-corrected chi connectivity index (χ3v) is 5.46. The minimum atomic E-state index is -0.405. The fourth-order valence-corrected chi connectivity index (χ4v) is 3.43. The first-order chi connectivity index (χ1) is 14.5. The van der Waals surface area contributed by atoms with Gasteiger partial charge in [-0.1, -0.05) is 24.3 Å². The van der Waals surface area contributed by atoms with Crippen molar-refractivity contribution in [2.45, 2.75) is 12.8 Å². The minimum Gasteiger partial charge on any atom is -0.497 e. The topological polar surface area (TPSA) is 68.3 Å². The summed E-state index contributed by atoms with van der Waals surface area (Å²) < 4.78 is 15.8. The quantitative estimate of drug-likeness (QED) is 0.485. The van der Waals surface area contributed by atoms with E-state index < -0.39 is 5.92 Å². The molecule has 0 amide bonds. The van der Waals surface area contributed by atoms with Gasteiger partial charge in [0.2, 0.25) is 0 Å². The van der Waals surface area contributed by atoms with Crippen LogP contribution in [0, 0.1) is 0 Å². The number of esters is 2. The van der Waals surface area contributed by atoms with Gasteiger partial charge in [-0.2, -0.15) is 0 Å². The third-order valence-electron chi connectivity index (χ3n) is 5.46. The highest BCUT2D eigenvalue weighted by Crippen LogP contribution is 2.25. The summed E-state index contributed by atoms with van der Waals surface area (Å²) in [5.74, 6) is -0.228. The molecule has 0 radical (unpaired) electrons. The number of fused-ring (bicyclic) bond motifs is 1. The molecule has 162 valence electrons. The Bertz CT molecular complexity index is 877. The molecule has 0 N–H and O–H groups in total. The van der Waals surface area contributed by atoms with E-state index in [1.165, 1.54) is 0 Å². The number of methoxy groups -OCH3 is 1. The smallest absolute Gasteiger partial charge is 0.320 e. The average Bonchev–Trinajstić information content (AvgIpc) is 2.76. The third kappa shape index (κ3) is 5.93. The van der Waals surface area contributed by atoms with Gasteiger partial charge in [-0.05, 0) is 42.4 Å². The van der Waals surface area contributed by atoms with Crippen LogP contribution in [0.25, 0.3) is 10.8 Å². The van der Waals surface area contributed by atoms with Crippen LogP contribution < -0.4 is 4.74 Å². The predicted octanol–water partition coefficient (Wildman–Crippen LogP) is 2.29. The van der Waals surface area contributed by atoms with Crippen LogP contribution in [0.5, 0.6) is 5.75 Å². The lowest BCUT2D eigenvalue weighted by atomic mass is 9.98. The lowest BCUT2D eigenvalue weighted by Gasteiger charge is -2.31. The molecule has 0 aromatic heterocycles. The van der Waals surface area contributed by atoms with Gasteiger partial charge in [-0.25, -0.2) is 0 Å². The lowest BCUT2D eigenvalue weighted by Crippen LogP contribution is -2.46. The number of likely N-dealkylation sites (N-methyl/N-ethyl adjacent to an activating group) is 1. The number of benzene rings is 2. The Hall–Kier alpha value is -2.64. The number of rotatable bonds is 8. The van der Waals surface area contributed by atoms with Crippen molar-refractivity contribution in [1.82, 2.24) is 9.80 Å². The molecule has 1 aliphatic heterocycles. The van der Waals surface area contributed by atoms with Crippen LogP contribution in [0.4, 0.5) is 0 Å². The molecule has 0 bridgehead atoms. The number of nitrogens with zero attached hydrogens (tertiary/aromatic N) is 2. The maximum absolute atomic E-state index is 12.4. The van der Waals surface area contributed by atoms with Crippen LogP contribution in [0.3, 0.4) is 0 Å². The van der Waals surface area contributed by atoms with E-state index in [1.807, 2.05) is 43.3 Å². The highest BCUT2D eigenvalue weighted by molar-refractivity contribution is 5.86. The zero-order valence-electron chi connectivity index (χ0n) is 17.9. The van der Waals surface area contributed by atoms with Gasteiger partial charge in [-0.15, -0.1) is 0 Å². The second-order valence-corrected chi connectivity index (χ2v) is 7.66. The van der Waals surface area contributed by atoms with E-state index in [1.54, 1.807) is 7.11 Å². The van der Waals surface area contributed by atoms with E-state index in [0.717, 1.165) is 48.3 Å². The van der Waals surface area contributed by atoms with Crippen molar-refractivity contribution in [1.29, 1.82) is 0 Å². The van der Waals surface area contributed by atoms with E-state index in [-0.39, 0.29) is 31.7 Å². The highest BCUT2D eigenvalue weighted by atomic mass is 16.6. The second kappa shape index (κ2) is 10.4. The van der Waals surface area contributed by atoms with Gasteiger partial charge in [0.1, 0.15) is 19.0 Å². The normalized spacial score (nSPS) is 16.2. The summed E-state index contributed by atoms with van der Waals surface area (Å²) in [5.41, 5.74) is 0.879. The highest BCUT2D eigenvalue weighted by Gasteiger charge is 2.19. The lowest BCUT2D eigenvalue weighted by molar-refractivity contribution is -0.153. The van der Waals surface area contributed by atoms with E-state index in [2.05, 4.69) is 16.8 Å². The minimum absolute atomic E-state index is 0.0580. The number of hydrogen-bond donors (Lipinski definition) is 0. The average molecular weight is 415 g/mol. The second-order valence-electron chi connectivity index (χ2n) is 7.66. The van der Waals surface area contributed by atoms with E-state index in [9.17, 15) is 9.59 Å². The summed E-state index contributed by atoms with van der Waals surface area (Å²) in [6, 6.07) is 11.7. The Labute approximate surface area is 177 Å². The standard InChI is InChI=1S/C23H30N2O5/c1-17(18-4-5-20-15-21(28-3)7-6-19(20)14-18)23(27)30-13-12-29-22(26)16-25-10-8-24(2)9-11-25/h4-7,14-15,17H,8-13,16H2,1-3H3. The van der Waals surface area contributed by atoms with Crippen LogP contribution >= 0.6 is 0 Å². The molecule has 2 aromatic carbocycles. The van der Waals surface area contributed by atoms with Gasteiger partial charge in [0.05, 0.1) is 19.6 Å². The van der Waals surface area contributed by atoms with Crippen molar-refractivity contribution < 1.29 is 23.8 Å². The van der Waals surface area contributed by atoms with Crippen LogP contribution in [-0.2, 0) is 19.1 Å². The zero-order chi connectivity index (χ0) is 21.5. The molecule has 1 atom stereocenters. The first kappa shape index (κ1) is 22.1. The Morgan fingerprint density at radius 1 is 0.967 bits per heavy atom. The Morgan fingerprint density at radius 2 is 1.63 bits per heavy atom. The molecule has 1 aliphatic rings. The zero-order valence-corrected chi connectivity index (χ0v) is 17.9. The van der Waals surface area contributed by atoms with Gasteiger partial charge in [0.25, 0.3) is 0 Å². The van der Waals surface area contributed by atoms with Crippen molar-refractivity contribution in [3.63, 3.8) is 0 Å². The van der Waals surface area contributed by atoms with Gasteiger partial charge >= 0.3 is 11.9 Å². The number of carbonyl (C=O) groups is 2. The summed E-state index contributed by atoms with van der Waals surface area (Å²) in [4.78, 5) is 28.6. The van der Waals surface area contributed by atoms with Gasteiger partial charge in [-0.3, -0.25) is 14.5 Å². The summed E-state index contributed by atoms with van der Waals surface area (Å²) in [6.45, 7) is 5.83. The molecule has 0 spiro atoms. The number of ether oxygens (including phenoxy) is 3. The van der Waals surface area contributed by atoms with E-state index in [4.69, 9.17) is 14.2 Å². The molecular weight excluding hydrogens is 384 g/mol. The molecule has 3 rings (SSSR count). The summed E-state index contributed by atoms with van der Waals surface area (Å²) in [5, 5.41) is 2.08. The van der Waals surface area contributed by atoms with E-state index in [0.29, 0.717) is 0 Å². The monoisotopic (exact) mass is 414 g/mol.